The summed E-state index contributed by atoms with van der Waals surface area (Å²) in [7, 11) is 0. The van der Waals surface area contributed by atoms with Gasteiger partial charge in [-0.2, -0.15) is 0 Å². The van der Waals surface area contributed by atoms with E-state index in [-0.39, 0.29) is 11.8 Å². The Kier molecular flexibility index (Phi) is 5.67. The number of rotatable bonds is 5. The topological polar surface area (TPSA) is 40.5 Å². The highest BCUT2D eigenvalue weighted by Gasteiger charge is 2.33. The van der Waals surface area contributed by atoms with Crippen molar-refractivity contribution in [2.24, 2.45) is 0 Å². The third-order valence-electron chi connectivity index (χ3n) is 5.11. The Bertz CT molecular complexity index is 700. The molecule has 1 saturated heterocycles. The van der Waals surface area contributed by atoms with Crippen LogP contribution in [0.1, 0.15) is 52.4 Å². The molecule has 3 nitrogen and oxygen atoms in total. The van der Waals surface area contributed by atoms with Crippen molar-refractivity contribution < 1.29 is 9.90 Å². The zero-order valence-electron chi connectivity index (χ0n) is 15.1. The molecule has 132 valence electrons. The lowest BCUT2D eigenvalue weighted by molar-refractivity contribution is 0.0322. The van der Waals surface area contributed by atoms with Crippen LogP contribution >= 0.6 is 0 Å². The highest BCUT2D eigenvalue weighted by atomic mass is 16.3. The minimum Gasteiger partial charge on any atom is -0.383 e. The number of hydrogen-bond donors (Lipinski definition) is 1. The van der Waals surface area contributed by atoms with Crippen LogP contribution in [0.4, 0.5) is 0 Å². The number of nitrogens with zero attached hydrogens (tertiary/aromatic N) is 1. The van der Waals surface area contributed by atoms with Crippen molar-refractivity contribution in [1.29, 1.82) is 0 Å². The van der Waals surface area contributed by atoms with Gasteiger partial charge >= 0.3 is 0 Å². The third-order valence-corrected chi connectivity index (χ3v) is 5.11. The van der Waals surface area contributed by atoms with Crippen LogP contribution < -0.4 is 0 Å². The number of Topliss-reactive ketones (excluding diaryl/α,β-unsaturated/α-hetero) is 1. The summed E-state index contributed by atoms with van der Waals surface area (Å²) in [5.41, 5.74) is 3.88. The summed E-state index contributed by atoms with van der Waals surface area (Å²) < 4.78 is 0. The van der Waals surface area contributed by atoms with E-state index in [1.165, 1.54) is 12.0 Å². The van der Waals surface area contributed by atoms with Crippen LogP contribution in [0.25, 0.3) is 0 Å². The van der Waals surface area contributed by atoms with Gasteiger partial charge in [0.25, 0.3) is 0 Å². The highest BCUT2D eigenvalue weighted by molar-refractivity contribution is 5.99. The Hall–Kier alpha value is -1.97. The Morgan fingerprint density at radius 3 is 1.96 bits per heavy atom. The van der Waals surface area contributed by atoms with Crippen molar-refractivity contribution in [2.75, 3.05) is 13.1 Å². The van der Waals surface area contributed by atoms with Crippen molar-refractivity contribution in [3.8, 4) is 0 Å². The van der Waals surface area contributed by atoms with E-state index in [0.29, 0.717) is 5.56 Å². The number of carbonyl (C=O) groups excluding carboxylic acids is 1. The third kappa shape index (κ3) is 4.17. The monoisotopic (exact) mass is 337 g/mol. The first-order valence-corrected chi connectivity index (χ1v) is 9.16. The number of hydrogen-bond acceptors (Lipinski definition) is 3. The van der Waals surface area contributed by atoms with Gasteiger partial charge in [-0.25, -0.2) is 0 Å². The molecule has 0 saturated carbocycles. The summed E-state index contributed by atoms with van der Waals surface area (Å²) in [6, 6.07) is 15.4. The van der Waals surface area contributed by atoms with E-state index in [2.05, 4.69) is 17.0 Å². The molecule has 25 heavy (non-hydrogen) atoms. The van der Waals surface area contributed by atoms with Gasteiger partial charge in [0.05, 0.1) is 6.04 Å². The predicted octanol–water partition coefficient (Wildman–Crippen LogP) is 4.07. The van der Waals surface area contributed by atoms with Crippen LogP contribution in [0.5, 0.6) is 0 Å². The minimum absolute atomic E-state index is 0.198. The van der Waals surface area contributed by atoms with Crippen molar-refractivity contribution in [2.45, 2.75) is 45.3 Å². The van der Waals surface area contributed by atoms with Gasteiger partial charge in [0.2, 0.25) is 0 Å². The Morgan fingerprint density at radius 2 is 1.40 bits per heavy atom. The van der Waals surface area contributed by atoms with Crippen LogP contribution in [0.15, 0.2) is 48.5 Å². The molecule has 2 atom stereocenters. The van der Waals surface area contributed by atoms with Gasteiger partial charge in [0.15, 0.2) is 5.78 Å². The van der Waals surface area contributed by atoms with E-state index in [9.17, 15) is 9.90 Å². The van der Waals surface area contributed by atoms with Gasteiger partial charge in [0, 0.05) is 5.56 Å². The molecule has 0 aliphatic carbocycles. The molecular formula is C22H27NO2. The summed E-state index contributed by atoms with van der Waals surface area (Å²) in [5, 5.41) is 11.0. The molecule has 0 aromatic heterocycles. The number of carbonyl (C=O) groups is 1. The highest BCUT2D eigenvalue weighted by Crippen LogP contribution is 2.29. The molecule has 1 aliphatic heterocycles. The molecule has 2 aromatic rings. The SMILES string of the molecule is Cc1ccc(C(=O)[C@@H](O)[C@@H](c2ccc(C)cc2)N2CCCCC2)cc1. The smallest absolute Gasteiger partial charge is 0.193 e. The number of ketones is 1. The molecule has 1 fully saturated rings. The molecule has 0 bridgehead atoms. The molecule has 0 unspecified atom stereocenters. The maximum absolute atomic E-state index is 12.9. The molecule has 2 aromatic carbocycles. The molecule has 3 heteroatoms. The van der Waals surface area contributed by atoms with E-state index >= 15 is 0 Å². The molecule has 0 radical (unpaired) electrons. The van der Waals surface area contributed by atoms with Crippen LogP contribution in [0.2, 0.25) is 0 Å². The number of piperidine rings is 1. The van der Waals surface area contributed by atoms with E-state index in [1.807, 2.05) is 50.2 Å². The van der Waals surface area contributed by atoms with Crippen molar-refractivity contribution in [1.82, 2.24) is 4.90 Å². The molecule has 0 amide bonds. The Morgan fingerprint density at radius 1 is 0.880 bits per heavy atom. The van der Waals surface area contributed by atoms with Crippen LogP contribution in [0, 0.1) is 13.8 Å². The summed E-state index contributed by atoms with van der Waals surface area (Å²) in [4.78, 5) is 15.2. The summed E-state index contributed by atoms with van der Waals surface area (Å²) in [6.07, 6.45) is 2.41. The maximum Gasteiger partial charge on any atom is 0.193 e. The van der Waals surface area contributed by atoms with Crippen molar-refractivity contribution >= 4 is 5.78 Å². The van der Waals surface area contributed by atoms with E-state index < -0.39 is 6.10 Å². The minimum atomic E-state index is -1.05. The molecule has 0 spiro atoms. The van der Waals surface area contributed by atoms with Gasteiger partial charge < -0.3 is 5.11 Å². The first-order valence-electron chi connectivity index (χ1n) is 9.16. The van der Waals surface area contributed by atoms with Gasteiger partial charge in [-0.3, -0.25) is 9.69 Å². The van der Waals surface area contributed by atoms with Gasteiger partial charge in [-0.15, -0.1) is 0 Å². The predicted molar refractivity (Wildman–Crippen MR) is 101 cm³/mol. The number of aryl methyl sites for hydroxylation is 2. The second kappa shape index (κ2) is 7.94. The van der Waals surface area contributed by atoms with E-state index in [1.54, 1.807) is 0 Å². The maximum atomic E-state index is 12.9. The molecule has 3 rings (SSSR count). The summed E-state index contributed by atoms with van der Waals surface area (Å²) in [6.45, 7) is 5.90. The van der Waals surface area contributed by atoms with Crippen LogP contribution in [-0.4, -0.2) is 35.0 Å². The van der Waals surface area contributed by atoms with Crippen LogP contribution in [-0.2, 0) is 0 Å². The van der Waals surface area contributed by atoms with Crippen molar-refractivity contribution in [3.05, 3.63) is 70.8 Å². The fourth-order valence-corrected chi connectivity index (χ4v) is 3.58. The standard InChI is InChI=1S/C22H27NO2/c1-16-6-10-18(11-7-16)20(23-14-4-3-5-15-23)22(25)21(24)19-12-8-17(2)9-13-19/h6-13,20,22,25H,3-5,14-15H2,1-2H3/t20-,22+/m1/s1. The lowest BCUT2D eigenvalue weighted by Crippen LogP contribution is -2.43. The lowest BCUT2D eigenvalue weighted by atomic mass is 9.91. The summed E-state index contributed by atoms with van der Waals surface area (Å²) in [5.74, 6) is -0.198. The zero-order chi connectivity index (χ0) is 17.8. The molecule has 1 heterocycles. The normalized spacial score (nSPS) is 17.9. The first-order chi connectivity index (χ1) is 12.1. The zero-order valence-corrected chi connectivity index (χ0v) is 15.1. The molecular weight excluding hydrogens is 310 g/mol. The van der Waals surface area contributed by atoms with Gasteiger partial charge in [0.1, 0.15) is 6.10 Å². The first kappa shape index (κ1) is 17.8. The van der Waals surface area contributed by atoms with Gasteiger partial charge in [-0.1, -0.05) is 66.1 Å². The van der Waals surface area contributed by atoms with E-state index in [4.69, 9.17) is 0 Å². The second-order valence-corrected chi connectivity index (χ2v) is 7.13. The average Bonchev–Trinajstić information content (AvgIpc) is 2.64. The summed E-state index contributed by atoms with van der Waals surface area (Å²) >= 11 is 0. The number of likely N-dealkylation sites (tertiary alicyclic amines) is 1. The quantitative estimate of drug-likeness (QED) is 0.836. The van der Waals surface area contributed by atoms with E-state index in [0.717, 1.165) is 37.1 Å². The molecule has 1 aliphatic rings. The fraction of sp³-hybridized carbons (Fsp3) is 0.409. The number of aliphatic hydroxyl groups excluding tert-OH is 1. The largest absolute Gasteiger partial charge is 0.383 e. The van der Waals surface area contributed by atoms with Crippen LogP contribution in [0.3, 0.4) is 0 Å². The average molecular weight is 337 g/mol. The fourth-order valence-electron chi connectivity index (χ4n) is 3.58. The number of benzene rings is 2. The van der Waals surface area contributed by atoms with Gasteiger partial charge in [-0.05, 0) is 45.3 Å². The Balaban J connectivity index is 1.90. The Labute approximate surface area is 150 Å². The number of aliphatic hydroxyl groups is 1. The van der Waals surface area contributed by atoms with Crippen molar-refractivity contribution in [3.63, 3.8) is 0 Å². The lowest BCUT2D eigenvalue weighted by Gasteiger charge is -2.37. The second-order valence-electron chi connectivity index (χ2n) is 7.13. The molecule has 1 N–H and O–H groups in total.